The van der Waals surface area contributed by atoms with E-state index in [1.54, 1.807) is 23.1 Å². The van der Waals surface area contributed by atoms with Crippen LogP contribution in [0.1, 0.15) is 33.1 Å². The minimum absolute atomic E-state index is 0.0516. The van der Waals surface area contributed by atoms with Gasteiger partial charge in [-0.1, -0.05) is 18.0 Å². The molecule has 0 unspecified atom stereocenters. The maximum absolute atomic E-state index is 12.0. The van der Waals surface area contributed by atoms with Gasteiger partial charge in [-0.25, -0.2) is 0 Å². The van der Waals surface area contributed by atoms with Crippen LogP contribution in [-0.2, 0) is 4.79 Å². The molecular weight excluding hydrogens is 288 g/mol. The zero-order valence-corrected chi connectivity index (χ0v) is 13.1. The molecule has 0 N–H and O–H groups in total. The Kier molecular flexibility index (Phi) is 4.74. The van der Waals surface area contributed by atoms with Crippen LogP contribution >= 0.6 is 11.6 Å². The molecule has 0 spiro atoms. The van der Waals surface area contributed by atoms with Crippen molar-refractivity contribution in [3.05, 3.63) is 23.2 Å². The van der Waals surface area contributed by atoms with Gasteiger partial charge in [0.15, 0.2) is 6.61 Å². The molecule has 1 aromatic rings. The molecule has 112 valence electrons. The summed E-state index contributed by atoms with van der Waals surface area (Å²) in [5, 5.41) is 9.58. The van der Waals surface area contributed by atoms with E-state index in [4.69, 9.17) is 21.6 Å². The van der Waals surface area contributed by atoms with Crippen molar-refractivity contribution in [2.24, 2.45) is 5.41 Å². The number of carbonyl (C=O) groups excluding carboxylic acids is 1. The molecule has 0 aromatic heterocycles. The molecule has 0 bridgehead atoms. The van der Waals surface area contributed by atoms with Crippen molar-refractivity contribution in [3.63, 3.8) is 0 Å². The minimum atomic E-state index is -0.309. The van der Waals surface area contributed by atoms with Crippen LogP contribution < -0.4 is 9.64 Å². The van der Waals surface area contributed by atoms with Crippen LogP contribution in [0.4, 0.5) is 5.69 Å². The summed E-state index contributed by atoms with van der Waals surface area (Å²) in [6.45, 7) is 4.55. The van der Waals surface area contributed by atoms with E-state index in [9.17, 15) is 4.79 Å². The summed E-state index contributed by atoms with van der Waals surface area (Å²) < 4.78 is 5.41. The highest BCUT2D eigenvalue weighted by Crippen LogP contribution is 2.34. The second kappa shape index (κ2) is 6.36. The van der Waals surface area contributed by atoms with E-state index in [0.717, 1.165) is 24.9 Å². The van der Waals surface area contributed by atoms with Gasteiger partial charge in [-0.2, -0.15) is 5.26 Å². The Morgan fingerprint density at radius 3 is 2.90 bits per heavy atom. The number of nitriles is 1. The first-order valence-corrected chi connectivity index (χ1v) is 7.45. The van der Waals surface area contributed by atoms with Gasteiger partial charge in [-0.15, -0.1) is 0 Å². The SMILES string of the molecule is CC(C)(C#N)CCCCN1C(=O)COc2ccc(Cl)cc21. The molecule has 0 saturated heterocycles. The number of halogens is 1. The molecule has 5 heteroatoms. The molecule has 1 amide bonds. The van der Waals surface area contributed by atoms with Crippen LogP contribution in [0.5, 0.6) is 5.75 Å². The summed E-state index contributed by atoms with van der Waals surface area (Å²) in [6, 6.07) is 7.59. The molecule has 1 aromatic carbocycles. The zero-order valence-electron chi connectivity index (χ0n) is 12.4. The number of rotatable bonds is 5. The van der Waals surface area contributed by atoms with Crippen molar-refractivity contribution in [2.75, 3.05) is 18.1 Å². The third kappa shape index (κ3) is 3.89. The number of benzene rings is 1. The van der Waals surface area contributed by atoms with Crippen molar-refractivity contribution in [1.29, 1.82) is 5.26 Å². The fourth-order valence-corrected chi connectivity index (χ4v) is 2.48. The first-order valence-electron chi connectivity index (χ1n) is 7.07. The molecule has 1 heterocycles. The van der Waals surface area contributed by atoms with Crippen molar-refractivity contribution < 1.29 is 9.53 Å². The summed E-state index contributed by atoms with van der Waals surface area (Å²) in [5.74, 6) is 0.640. The summed E-state index contributed by atoms with van der Waals surface area (Å²) >= 11 is 6.00. The predicted octanol–water partition coefficient (Wildman–Crippen LogP) is 3.79. The van der Waals surface area contributed by atoms with Crippen molar-refractivity contribution in [1.82, 2.24) is 0 Å². The Hall–Kier alpha value is -1.73. The van der Waals surface area contributed by atoms with Gasteiger partial charge in [0.25, 0.3) is 5.91 Å². The Labute approximate surface area is 130 Å². The average Bonchev–Trinajstić information content (AvgIpc) is 2.45. The van der Waals surface area contributed by atoms with Crippen molar-refractivity contribution in [3.8, 4) is 11.8 Å². The zero-order chi connectivity index (χ0) is 15.5. The largest absolute Gasteiger partial charge is 0.482 e. The Balaban J connectivity index is 1.99. The maximum Gasteiger partial charge on any atom is 0.265 e. The summed E-state index contributed by atoms with van der Waals surface area (Å²) in [7, 11) is 0. The molecule has 21 heavy (non-hydrogen) atoms. The van der Waals surface area contributed by atoms with Gasteiger partial charge >= 0.3 is 0 Å². The topological polar surface area (TPSA) is 53.3 Å². The molecule has 0 fully saturated rings. The second-order valence-corrected chi connectivity index (χ2v) is 6.34. The van der Waals surface area contributed by atoms with Crippen LogP contribution in [0.2, 0.25) is 5.02 Å². The van der Waals surface area contributed by atoms with Gasteiger partial charge in [-0.05, 0) is 44.9 Å². The molecule has 1 aliphatic rings. The molecule has 0 aliphatic carbocycles. The molecular formula is C16H19ClN2O2. The number of unbranched alkanes of at least 4 members (excludes halogenated alkanes) is 1. The highest BCUT2D eigenvalue weighted by atomic mass is 35.5. The van der Waals surface area contributed by atoms with E-state index in [1.165, 1.54) is 0 Å². The number of carbonyl (C=O) groups is 1. The first-order chi connectivity index (χ1) is 9.93. The van der Waals surface area contributed by atoms with Gasteiger partial charge < -0.3 is 9.64 Å². The molecule has 1 aliphatic heterocycles. The minimum Gasteiger partial charge on any atom is -0.482 e. The average molecular weight is 307 g/mol. The predicted molar refractivity (Wildman–Crippen MR) is 82.5 cm³/mol. The Morgan fingerprint density at radius 1 is 1.43 bits per heavy atom. The number of hydrogen-bond acceptors (Lipinski definition) is 3. The lowest BCUT2D eigenvalue weighted by molar-refractivity contribution is -0.121. The smallest absolute Gasteiger partial charge is 0.265 e. The van der Waals surface area contributed by atoms with E-state index in [2.05, 4.69) is 6.07 Å². The van der Waals surface area contributed by atoms with Gasteiger partial charge in [-0.3, -0.25) is 4.79 Å². The second-order valence-electron chi connectivity index (χ2n) is 5.90. The van der Waals surface area contributed by atoms with Crippen LogP contribution in [0.15, 0.2) is 18.2 Å². The van der Waals surface area contributed by atoms with Crippen LogP contribution in [0, 0.1) is 16.7 Å². The molecule has 0 saturated carbocycles. The van der Waals surface area contributed by atoms with E-state index in [1.807, 2.05) is 13.8 Å². The summed E-state index contributed by atoms with van der Waals surface area (Å²) in [4.78, 5) is 13.7. The number of ether oxygens (including phenoxy) is 1. The third-order valence-corrected chi connectivity index (χ3v) is 3.84. The van der Waals surface area contributed by atoms with E-state index < -0.39 is 0 Å². The molecule has 0 radical (unpaired) electrons. The van der Waals surface area contributed by atoms with Gasteiger partial charge in [0, 0.05) is 11.6 Å². The number of hydrogen-bond donors (Lipinski definition) is 0. The van der Waals surface area contributed by atoms with Gasteiger partial charge in [0.2, 0.25) is 0 Å². The lowest BCUT2D eigenvalue weighted by Crippen LogP contribution is -2.39. The van der Waals surface area contributed by atoms with Gasteiger partial charge in [0.05, 0.1) is 17.2 Å². The molecule has 2 rings (SSSR count). The quantitative estimate of drug-likeness (QED) is 0.778. The van der Waals surface area contributed by atoms with Crippen LogP contribution in [0.25, 0.3) is 0 Å². The Bertz CT molecular complexity index is 578. The first kappa shape index (κ1) is 15.7. The van der Waals surface area contributed by atoms with Crippen molar-refractivity contribution in [2.45, 2.75) is 33.1 Å². The lowest BCUT2D eigenvalue weighted by atomic mass is 9.89. The number of nitrogens with zero attached hydrogens (tertiary/aromatic N) is 2. The van der Waals surface area contributed by atoms with E-state index in [-0.39, 0.29) is 17.9 Å². The number of amides is 1. The molecule has 0 atom stereocenters. The van der Waals surface area contributed by atoms with Crippen molar-refractivity contribution >= 4 is 23.2 Å². The van der Waals surface area contributed by atoms with E-state index in [0.29, 0.717) is 17.3 Å². The molecule has 4 nitrogen and oxygen atoms in total. The van der Waals surface area contributed by atoms with E-state index >= 15 is 0 Å². The normalized spacial score (nSPS) is 14.4. The summed E-state index contributed by atoms with van der Waals surface area (Å²) in [5.41, 5.74) is 0.425. The lowest BCUT2D eigenvalue weighted by Gasteiger charge is -2.29. The Morgan fingerprint density at radius 2 is 2.19 bits per heavy atom. The third-order valence-electron chi connectivity index (χ3n) is 3.60. The monoisotopic (exact) mass is 306 g/mol. The fourth-order valence-electron chi connectivity index (χ4n) is 2.31. The number of fused-ring (bicyclic) bond motifs is 1. The fraction of sp³-hybridized carbons (Fsp3) is 0.500. The summed E-state index contributed by atoms with van der Waals surface area (Å²) in [6.07, 6.45) is 2.58. The maximum atomic E-state index is 12.0. The van der Waals surface area contributed by atoms with Crippen LogP contribution in [-0.4, -0.2) is 19.1 Å². The highest BCUT2D eigenvalue weighted by Gasteiger charge is 2.25. The van der Waals surface area contributed by atoms with Gasteiger partial charge in [0.1, 0.15) is 5.75 Å². The van der Waals surface area contributed by atoms with Crippen LogP contribution in [0.3, 0.4) is 0 Å². The standard InChI is InChI=1S/C16H19ClN2O2/c1-16(2,11-18)7-3-4-8-19-13-9-12(17)5-6-14(13)21-10-15(19)20/h5-6,9H,3-4,7-8,10H2,1-2H3. The number of anilines is 1. The highest BCUT2D eigenvalue weighted by molar-refractivity contribution is 6.31.